The van der Waals surface area contributed by atoms with Gasteiger partial charge in [0.1, 0.15) is 5.75 Å². The molecule has 2 amide bonds. The van der Waals surface area contributed by atoms with Crippen LogP contribution in [0.4, 0.5) is 11.4 Å². The van der Waals surface area contributed by atoms with Crippen molar-refractivity contribution in [1.82, 2.24) is 0 Å². The monoisotopic (exact) mass is 413 g/mol. The van der Waals surface area contributed by atoms with Gasteiger partial charge in [-0.1, -0.05) is 48.5 Å². The Labute approximate surface area is 180 Å². The van der Waals surface area contributed by atoms with Crippen molar-refractivity contribution >= 4 is 34.0 Å². The van der Waals surface area contributed by atoms with Crippen LogP contribution >= 0.6 is 0 Å². The van der Waals surface area contributed by atoms with E-state index in [0.29, 0.717) is 16.9 Å². The minimum Gasteiger partial charge on any atom is -0.507 e. The van der Waals surface area contributed by atoms with Crippen molar-refractivity contribution in [3.63, 3.8) is 0 Å². The van der Waals surface area contributed by atoms with Crippen LogP contribution in [0.3, 0.4) is 0 Å². The van der Waals surface area contributed by atoms with Crippen molar-refractivity contribution in [1.29, 1.82) is 0 Å². The number of fused-ring (bicyclic) bond motifs is 1. The van der Waals surface area contributed by atoms with E-state index in [0.717, 1.165) is 16.3 Å². The second kappa shape index (κ2) is 9.45. The SMILES string of the molecule is Cc1ccc(C(N)=O)cc1N.O=C(Nc1ccccc1)c1cc2ccccc2cc1O. The maximum absolute atomic E-state index is 12.2. The van der Waals surface area contributed by atoms with E-state index in [1.807, 2.05) is 49.4 Å². The molecule has 6 heteroatoms. The minimum atomic E-state index is -0.448. The number of carbonyl (C=O) groups is 2. The molecule has 6 N–H and O–H groups in total. The number of nitrogens with two attached hydrogens (primary N) is 2. The Bertz CT molecular complexity index is 1240. The van der Waals surface area contributed by atoms with Crippen LogP contribution in [0.2, 0.25) is 0 Å². The predicted molar refractivity (Wildman–Crippen MR) is 124 cm³/mol. The fraction of sp³-hybridized carbons (Fsp3) is 0.0400. The summed E-state index contributed by atoms with van der Waals surface area (Å²) in [4.78, 5) is 22.8. The van der Waals surface area contributed by atoms with Crippen LogP contribution in [0.25, 0.3) is 10.8 Å². The number of hydrogen-bond donors (Lipinski definition) is 4. The van der Waals surface area contributed by atoms with Crippen molar-refractivity contribution in [2.75, 3.05) is 11.1 Å². The summed E-state index contributed by atoms with van der Waals surface area (Å²) in [6, 6.07) is 25.1. The summed E-state index contributed by atoms with van der Waals surface area (Å²) in [5, 5.41) is 14.6. The normalized spacial score (nSPS) is 10.1. The standard InChI is InChI=1S/C17H13NO2.C8H10N2O/c19-16-11-13-7-5-4-6-12(13)10-15(16)17(20)18-14-8-2-1-3-9-14;1-5-2-3-6(8(10)11)4-7(5)9/h1-11,19H,(H,18,20);2-4H,9H2,1H3,(H2,10,11). The van der Waals surface area contributed by atoms with Gasteiger partial charge in [-0.05, 0) is 59.7 Å². The lowest BCUT2D eigenvalue weighted by Crippen LogP contribution is -2.11. The Morgan fingerprint density at radius 3 is 2.06 bits per heavy atom. The molecule has 0 saturated carbocycles. The molecule has 0 bridgehead atoms. The van der Waals surface area contributed by atoms with E-state index in [1.165, 1.54) is 0 Å². The molecular weight excluding hydrogens is 390 g/mol. The van der Waals surface area contributed by atoms with Crippen LogP contribution < -0.4 is 16.8 Å². The zero-order valence-electron chi connectivity index (χ0n) is 17.0. The zero-order chi connectivity index (χ0) is 22.4. The summed E-state index contributed by atoms with van der Waals surface area (Å²) in [7, 11) is 0. The number of benzene rings is 4. The number of amides is 2. The van der Waals surface area contributed by atoms with Gasteiger partial charge in [-0.15, -0.1) is 0 Å². The maximum atomic E-state index is 12.2. The number of phenolic OH excluding ortho intramolecular Hbond substituents is 1. The summed E-state index contributed by atoms with van der Waals surface area (Å²) in [6.45, 7) is 1.88. The number of aryl methyl sites for hydroxylation is 1. The van der Waals surface area contributed by atoms with E-state index in [4.69, 9.17) is 11.5 Å². The Balaban J connectivity index is 0.000000210. The Hall–Kier alpha value is -4.32. The fourth-order valence-electron chi connectivity index (χ4n) is 2.92. The van der Waals surface area contributed by atoms with Gasteiger partial charge >= 0.3 is 0 Å². The third kappa shape index (κ3) is 5.39. The molecular formula is C25H23N3O3. The molecule has 0 atom stereocenters. The van der Waals surface area contributed by atoms with Gasteiger partial charge in [-0.25, -0.2) is 0 Å². The third-order valence-electron chi connectivity index (χ3n) is 4.70. The Morgan fingerprint density at radius 2 is 1.45 bits per heavy atom. The lowest BCUT2D eigenvalue weighted by molar-refractivity contribution is 0.0997. The molecule has 0 aliphatic heterocycles. The molecule has 4 rings (SSSR count). The van der Waals surface area contributed by atoms with Gasteiger partial charge in [0.15, 0.2) is 0 Å². The highest BCUT2D eigenvalue weighted by Gasteiger charge is 2.12. The summed E-state index contributed by atoms with van der Waals surface area (Å²) in [5.41, 5.74) is 13.6. The first-order valence-electron chi connectivity index (χ1n) is 9.59. The number of anilines is 2. The lowest BCUT2D eigenvalue weighted by atomic mass is 10.1. The van der Waals surface area contributed by atoms with Crippen molar-refractivity contribution < 1.29 is 14.7 Å². The highest BCUT2D eigenvalue weighted by molar-refractivity contribution is 6.08. The van der Waals surface area contributed by atoms with Crippen molar-refractivity contribution in [2.45, 2.75) is 6.92 Å². The number of aromatic hydroxyl groups is 1. The first kappa shape index (κ1) is 21.4. The number of phenols is 1. The molecule has 0 spiro atoms. The van der Waals surface area contributed by atoms with E-state index in [-0.39, 0.29) is 17.2 Å². The summed E-state index contributed by atoms with van der Waals surface area (Å²) >= 11 is 0. The number of para-hydroxylation sites is 1. The van der Waals surface area contributed by atoms with E-state index < -0.39 is 5.91 Å². The Morgan fingerprint density at radius 1 is 0.839 bits per heavy atom. The molecule has 0 aromatic heterocycles. The Kier molecular flexibility index (Phi) is 6.52. The lowest BCUT2D eigenvalue weighted by Gasteiger charge is -2.08. The van der Waals surface area contributed by atoms with Gasteiger partial charge in [-0.3, -0.25) is 9.59 Å². The molecule has 4 aromatic carbocycles. The van der Waals surface area contributed by atoms with Gasteiger partial charge in [0.05, 0.1) is 5.56 Å². The molecule has 4 aromatic rings. The highest BCUT2D eigenvalue weighted by atomic mass is 16.3. The molecule has 0 heterocycles. The summed E-state index contributed by atoms with van der Waals surface area (Å²) < 4.78 is 0. The molecule has 6 nitrogen and oxygen atoms in total. The average Bonchev–Trinajstić information content (AvgIpc) is 2.76. The highest BCUT2D eigenvalue weighted by Crippen LogP contribution is 2.25. The van der Waals surface area contributed by atoms with Gasteiger partial charge in [0.25, 0.3) is 5.91 Å². The minimum absolute atomic E-state index is 0.0165. The van der Waals surface area contributed by atoms with Crippen LogP contribution in [0.15, 0.2) is 84.9 Å². The first-order valence-corrected chi connectivity index (χ1v) is 9.59. The summed E-state index contributed by atoms with van der Waals surface area (Å²) in [5.74, 6) is -0.784. The molecule has 0 fully saturated rings. The molecule has 0 unspecified atom stereocenters. The van der Waals surface area contributed by atoms with Crippen LogP contribution in [0, 0.1) is 6.92 Å². The van der Waals surface area contributed by atoms with Crippen LogP contribution in [0.1, 0.15) is 26.3 Å². The van der Waals surface area contributed by atoms with Gasteiger partial charge in [-0.2, -0.15) is 0 Å². The predicted octanol–water partition coefficient (Wildman–Crippen LogP) is 4.47. The van der Waals surface area contributed by atoms with Crippen LogP contribution in [-0.4, -0.2) is 16.9 Å². The van der Waals surface area contributed by atoms with Gasteiger partial charge in [0, 0.05) is 16.9 Å². The quantitative estimate of drug-likeness (QED) is 0.370. The number of rotatable bonds is 3. The largest absolute Gasteiger partial charge is 0.507 e. The molecule has 0 saturated heterocycles. The fourth-order valence-corrected chi connectivity index (χ4v) is 2.92. The summed E-state index contributed by atoms with van der Waals surface area (Å²) in [6.07, 6.45) is 0. The second-order valence-corrected chi connectivity index (χ2v) is 6.97. The first-order chi connectivity index (χ1) is 14.8. The van der Waals surface area contributed by atoms with E-state index >= 15 is 0 Å². The second-order valence-electron chi connectivity index (χ2n) is 6.97. The third-order valence-corrected chi connectivity index (χ3v) is 4.70. The average molecular weight is 413 g/mol. The number of carbonyl (C=O) groups excluding carboxylic acids is 2. The molecule has 0 aliphatic carbocycles. The van der Waals surface area contributed by atoms with Crippen molar-refractivity contribution in [2.24, 2.45) is 5.73 Å². The van der Waals surface area contributed by atoms with E-state index in [1.54, 1.807) is 42.5 Å². The zero-order valence-corrected chi connectivity index (χ0v) is 17.0. The van der Waals surface area contributed by atoms with Gasteiger partial charge < -0.3 is 21.9 Å². The maximum Gasteiger partial charge on any atom is 0.259 e. The number of nitrogen functional groups attached to an aromatic ring is 1. The van der Waals surface area contributed by atoms with Crippen molar-refractivity contribution in [3.05, 3.63) is 102 Å². The number of hydrogen-bond acceptors (Lipinski definition) is 4. The molecule has 156 valence electrons. The molecule has 0 radical (unpaired) electrons. The number of nitrogens with one attached hydrogen (secondary N) is 1. The van der Waals surface area contributed by atoms with Crippen LogP contribution in [-0.2, 0) is 0 Å². The molecule has 0 aliphatic rings. The van der Waals surface area contributed by atoms with Crippen molar-refractivity contribution in [3.8, 4) is 5.75 Å². The van der Waals surface area contributed by atoms with Gasteiger partial charge in [0.2, 0.25) is 5.91 Å². The smallest absolute Gasteiger partial charge is 0.259 e. The molecule has 31 heavy (non-hydrogen) atoms. The van der Waals surface area contributed by atoms with Crippen LogP contribution in [0.5, 0.6) is 5.75 Å². The van der Waals surface area contributed by atoms with E-state index in [2.05, 4.69) is 5.32 Å². The topological polar surface area (TPSA) is 118 Å². The number of primary amides is 1. The van der Waals surface area contributed by atoms with E-state index in [9.17, 15) is 14.7 Å².